The van der Waals surface area contributed by atoms with Crippen LogP contribution in [0.3, 0.4) is 0 Å². The predicted molar refractivity (Wildman–Crippen MR) is 112 cm³/mol. The zero-order chi connectivity index (χ0) is 20.8. The van der Waals surface area contributed by atoms with Gasteiger partial charge in [0.1, 0.15) is 0 Å². The van der Waals surface area contributed by atoms with Crippen LogP contribution in [0.2, 0.25) is 5.02 Å². The standard InChI is InChI=1S/C22H24ClN3O3/c1-3-26(13-15-8-5-4-6-9-15)14-18-19(21(27)29-2)20(25-22(28)24-18)16-10-7-11-17(23)12-16/h4-12,20H,3,13-14H2,1-2H3,(H2,24,25,28). The zero-order valence-electron chi connectivity index (χ0n) is 16.4. The Bertz CT molecular complexity index is 915. The summed E-state index contributed by atoms with van der Waals surface area (Å²) < 4.78 is 5.03. The van der Waals surface area contributed by atoms with Gasteiger partial charge in [0, 0.05) is 23.8 Å². The molecule has 0 bridgehead atoms. The molecule has 0 aliphatic carbocycles. The van der Waals surface area contributed by atoms with Crippen molar-refractivity contribution in [3.63, 3.8) is 0 Å². The lowest BCUT2D eigenvalue weighted by Crippen LogP contribution is -2.48. The van der Waals surface area contributed by atoms with E-state index in [0.29, 0.717) is 29.4 Å². The number of likely N-dealkylation sites (N-methyl/N-ethyl adjacent to an activating group) is 1. The number of esters is 1. The van der Waals surface area contributed by atoms with Crippen molar-refractivity contribution in [1.82, 2.24) is 15.5 Å². The van der Waals surface area contributed by atoms with Crippen LogP contribution in [0.5, 0.6) is 0 Å². The number of nitrogens with zero attached hydrogens (tertiary/aromatic N) is 1. The van der Waals surface area contributed by atoms with E-state index >= 15 is 0 Å². The minimum absolute atomic E-state index is 0.367. The number of halogens is 1. The molecular formula is C22H24ClN3O3. The van der Waals surface area contributed by atoms with Crippen molar-refractivity contribution in [3.05, 3.63) is 82.0 Å². The monoisotopic (exact) mass is 413 g/mol. The highest BCUT2D eigenvalue weighted by molar-refractivity contribution is 6.30. The van der Waals surface area contributed by atoms with Gasteiger partial charge in [-0.15, -0.1) is 0 Å². The molecule has 6 nitrogen and oxygen atoms in total. The highest BCUT2D eigenvalue weighted by Crippen LogP contribution is 2.29. The smallest absolute Gasteiger partial charge is 0.338 e. The summed E-state index contributed by atoms with van der Waals surface area (Å²) in [4.78, 5) is 27.2. The van der Waals surface area contributed by atoms with Crippen LogP contribution in [0, 0.1) is 0 Å². The molecule has 2 N–H and O–H groups in total. The van der Waals surface area contributed by atoms with Crippen LogP contribution in [-0.2, 0) is 16.1 Å². The Hall–Kier alpha value is -2.83. The SMILES string of the molecule is CCN(CC1=C(C(=O)OC)C(c2cccc(Cl)c2)NC(=O)N1)Cc1ccccc1. The Morgan fingerprint density at radius 3 is 2.55 bits per heavy atom. The summed E-state index contributed by atoms with van der Waals surface area (Å²) in [6, 6.07) is 16.1. The van der Waals surface area contributed by atoms with Gasteiger partial charge in [0.25, 0.3) is 0 Å². The third kappa shape index (κ3) is 5.16. The van der Waals surface area contributed by atoms with E-state index < -0.39 is 12.0 Å². The molecule has 1 aliphatic rings. The van der Waals surface area contributed by atoms with E-state index in [1.54, 1.807) is 18.2 Å². The molecule has 7 heteroatoms. The van der Waals surface area contributed by atoms with E-state index in [0.717, 1.165) is 17.7 Å². The van der Waals surface area contributed by atoms with Crippen molar-refractivity contribution in [2.24, 2.45) is 0 Å². The summed E-state index contributed by atoms with van der Waals surface area (Å²) in [6.07, 6.45) is 0. The second-order valence-corrected chi connectivity index (χ2v) is 7.20. The first-order valence-electron chi connectivity index (χ1n) is 9.42. The van der Waals surface area contributed by atoms with Crippen LogP contribution in [-0.4, -0.2) is 37.1 Å². The number of hydrogen-bond donors (Lipinski definition) is 2. The zero-order valence-corrected chi connectivity index (χ0v) is 17.2. The average molecular weight is 414 g/mol. The van der Waals surface area contributed by atoms with E-state index in [9.17, 15) is 9.59 Å². The molecule has 1 aliphatic heterocycles. The average Bonchev–Trinajstić information content (AvgIpc) is 2.73. The van der Waals surface area contributed by atoms with Crippen LogP contribution in [0.25, 0.3) is 0 Å². The fourth-order valence-corrected chi connectivity index (χ4v) is 3.57. The lowest BCUT2D eigenvalue weighted by molar-refractivity contribution is -0.136. The first-order valence-corrected chi connectivity index (χ1v) is 9.80. The van der Waals surface area contributed by atoms with E-state index in [1.165, 1.54) is 7.11 Å². The van der Waals surface area contributed by atoms with Crippen LogP contribution in [0.15, 0.2) is 65.9 Å². The molecule has 0 aromatic heterocycles. The number of nitrogens with one attached hydrogen (secondary N) is 2. The summed E-state index contributed by atoms with van der Waals surface area (Å²) in [5, 5.41) is 6.14. The van der Waals surface area contributed by atoms with Crippen LogP contribution in [0.1, 0.15) is 24.1 Å². The lowest BCUT2D eigenvalue weighted by atomic mass is 9.95. The molecular weight excluding hydrogens is 390 g/mol. The van der Waals surface area contributed by atoms with Crippen LogP contribution >= 0.6 is 11.6 Å². The number of benzene rings is 2. The first kappa shape index (κ1) is 20.9. The molecule has 0 spiro atoms. The van der Waals surface area contributed by atoms with Crippen LogP contribution < -0.4 is 10.6 Å². The van der Waals surface area contributed by atoms with E-state index in [1.807, 2.05) is 43.3 Å². The topological polar surface area (TPSA) is 70.7 Å². The molecule has 1 unspecified atom stereocenters. The Labute approximate surface area is 175 Å². The third-order valence-corrected chi connectivity index (χ3v) is 5.05. The molecule has 3 rings (SSSR count). The van der Waals surface area contributed by atoms with Crippen molar-refractivity contribution in [3.8, 4) is 0 Å². The highest BCUT2D eigenvalue weighted by Gasteiger charge is 2.34. The molecule has 0 saturated heterocycles. The normalized spacial score (nSPS) is 16.4. The van der Waals surface area contributed by atoms with Gasteiger partial charge in [-0.25, -0.2) is 9.59 Å². The Morgan fingerprint density at radius 1 is 1.14 bits per heavy atom. The quantitative estimate of drug-likeness (QED) is 0.680. The molecule has 1 atom stereocenters. The number of carbonyl (C=O) groups is 2. The molecule has 0 radical (unpaired) electrons. The third-order valence-electron chi connectivity index (χ3n) is 4.82. The predicted octanol–water partition coefficient (Wildman–Crippen LogP) is 3.64. The minimum atomic E-state index is -0.639. The minimum Gasteiger partial charge on any atom is -0.466 e. The van der Waals surface area contributed by atoms with Crippen molar-refractivity contribution < 1.29 is 14.3 Å². The molecule has 29 heavy (non-hydrogen) atoms. The Balaban J connectivity index is 1.96. The van der Waals surface area contributed by atoms with Gasteiger partial charge < -0.3 is 15.4 Å². The van der Waals surface area contributed by atoms with E-state index in [-0.39, 0.29) is 6.03 Å². The number of rotatable bonds is 7. The van der Waals surface area contributed by atoms with Gasteiger partial charge in [0.05, 0.1) is 18.7 Å². The number of amides is 2. The van der Waals surface area contributed by atoms with E-state index in [4.69, 9.17) is 16.3 Å². The van der Waals surface area contributed by atoms with Crippen molar-refractivity contribution in [2.75, 3.05) is 20.2 Å². The summed E-state index contributed by atoms with van der Waals surface area (Å²) in [6.45, 7) is 3.89. The summed E-state index contributed by atoms with van der Waals surface area (Å²) in [7, 11) is 1.33. The Kier molecular flexibility index (Phi) is 6.90. The fourth-order valence-electron chi connectivity index (χ4n) is 3.37. The molecule has 0 saturated carbocycles. The van der Waals surface area contributed by atoms with Gasteiger partial charge in [-0.3, -0.25) is 4.90 Å². The highest BCUT2D eigenvalue weighted by atomic mass is 35.5. The van der Waals surface area contributed by atoms with Gasteiger partial charge >= 0.3 is 12.0 Å². The second-order valence-electron chi connectivity index (χ2n) is 6.76. The first-order chi connectivity index (χ1) is 14.0. The molecule has 1 heterocycles. The van der Waals surface area contributed by atoms with Gasteiger partial charge in [-0.2, -0.15) is 0 Å². The molecule has 2 amide bonds. The largest absolute Gasteiger partial charge is 0.466 e. The molecule has 2 aromatic rings. The second kappa shape index (κ2) is 9.58. The summed E-state index contributed by atoms with van der Waals surface area (Å²) in [5.41, 5.74) is 2.78. The van der Waals surface area contributed by atoms with E-state index in [2.05, 4.69) is 15.5 Å². The number of urea groups is 1. The van der Waals surface area contributed by atoms with Crippen molar-refractivity contribution in [2.45, 2.75) is 19.5 Å². The number of methoxy groups -OCH3 is 1. The van der Waals surface area contributed by atoms with Gasteiger partial charge in [0.15, 0.2) is 0 Å². The van der Waals surface area contributed by atoms with Gasteiger partial charge in [-0.05, 0) is 29.8 Å². The number of carbonyl (C=O) groups excluding carboxylic acids is 2. The summed E-state index contributed by atoms with van der Waals surface area (Å²) in [5.74, 6) is -0.492. The maximum absolute atomic E-state index is 12.7. The summed E-state index contributed by atoms with van der Waals surface area (Å²) >= 11 is 6.13. The molecule has 152 valence electrons. The van der Waals surface area contributed by atoms with Gasteiger partial charge in [0.2, 0.25) is 0 Å². The fraction of sp³-hybridized carbons (Fsp3) is 0.273. The molecule has 2 aromatic carbocycles. The van der Waals surface area contributed by atoms with Crippen molar-refractivity contribution in [1.29, 1.82) is 0 Å². The Morgan fingerprint density at radius 2 is 1.90 bits per heavy atom. The number of hydrogen-bond acceptors (Lipinski definition) is 4. The van der Waals surface area contributed by atoms with Crippen molar-refractivity contribution >= 4 is 23.6 Å². The number of ether oxygens (including phenoxy) is 1. The maximum atomic E-state index is 12.7. The lowest BCUT2D eigenvalue weighted by Gasteiger charge is -2.31. The van der Waals surface area contributed by atoms with Crippen LogP contribution in [0.4, 0.5) is 4.79 Å². The molecule has 0 fully saturated rings. The maximum Gasteiger partial charge on any atom is 0.338 e. The van der Waals surface area contributed by atoms with Gasteiger partial charge in [-0.1, -0.05) is 61.0 Å².